The zero-order chi connectivity index (χ0) is 10.7. The van der Waals surface area contributed by atoms with E-state index in [1.807, 2.05) is 19.9 Å². The largest absolute Gasteiger partial charge is 0.327 e. The predicted molar refractivity (Wildman–Crippen MR) is 60.6 cm³/mol. The maximum atomic E-state index is 13.4. The molecule has 2 N–H and O–H groups in total. The first-order valence-electron chi connectivity index (χ1n) is 4.70. The maximum absolute atomic E-state index is 13.4. The van der Waals surface area contributed by atoms with Crippen molar-refractivity contribution in [3.05, 3.63) is 34.1 Å². The minimum Gasteiger partial charge on any atom is -0.327 e. The van der Waals surface area contributed by atoms with Crippen molar-refractivity contribution >= 4 is 15.9 Å². The van der Waals surface area contributed by atoms with E-state index in [1.165, 1.54) is 6.07 Å². The lowest BCUT2D eigenvalue weighted by Gasteiger charge is -2.15. The van der Waals surface area contributed by atoms with Crippen LogP contribution in [-0.2, 0) is 6.42 Å². The Labute approximate surface area is 92.6 Å². The molecule has 0 aliphatic carbocycles. The van der Waals surface area contributed by atoms with Crippen LogP contribution in [-0.4, -0.2) is 6.04 Å². The van der Waals surface area contributed by atoms with E-state index in [9.17, 15) is 4.39 Å². The molecule has 1 unspecified atom stereocenters. The van der Waals surface area contributed by atoms with Gasteiger partial charge in [-0.25, -0.2) is 4.39 Å². The minimum absolute atomic E-state index is 0.0191. The summed E-state index contributed by atoms with van der Waals surface area (Å²) < 4.78 is 14.1. The van der Waals surface area contributed by atoms with Crippen molar-refractivity contribution in [2.24, 2.45) is 11.7 Å². The molecule has 1 atom stereocenters. The van der Waals surface area contributed by atoms with Crippen molar-refractivity contribution in [2.75, 3.05) is 0 Å². The summed E-state index contributed by atoms with van der Waals surface area (Å²) in [7, 11) is 0. The molecule has 3 heteroatoms. The lowest BCUT2D eigenvalue weighted by atomic mass is 9.97. The van der Waals surface area contributed by atoms with Gasteiger partial charge in [-0.15, -0.1) is 0 Å². The Bertz CT molecular complexity index is 312. The van der Waals surface area contributed by atoms with Crippen LogP contribution < -0.4 is 5.73 Å². The second-order valence-electron chi connectivity index (χ2n) is 3.85. The molecule has 1 rings (SSSR count). The van der Waals surface area contributed by atoms with E-state index in [4.69, 9.17) is 5.73 Å². The van der Waals surface area contributed by atoms with Crippen molar-refractivity contribution < 1.29 is 4.39 Å². The zero-order valence-corrected chi connectivity index (χ0v) is 10.0. The van der Waals surface area contributed by atoms with Crippen molar-refractivity contribution in [3.63, 3.8) is 0 Å². The highest BCUT2D eigenvalue weighted by Gasteiger charge is 2.11. The molecule has 14 heavy (non-hydrogen) atoms. The molecule has 0 bridgehead atoms. The highest BCUT2D eigenvalue weighted by Crippen LogP contribution is 2.17. The molecule has 78 valence electrons. The van der Waals surface area contributed by atoms with E-state index < -0.39 is 0 Å². The Morgan fingerprint density at radius 2 is 2.07 bits per heavy atom. The van der Waals surface area contributed by atoms with Crippen molar-refractivity contribution in [1.82, 2.24) is 0 Å². The molecule has 0 amide bonds. The van der Waals surface area contributed by atoms with E-state index in [0.717, 1.165) is 4.47 Å². The fourth-order valence-electron chi connectivity index (χ4n) is 1.18. The smallest absolute Gasteiger partial charge is 0.127 e. The normalized spacial score (nSPS) is 13.3. The van der Waals surface area contributed by atoms with E-state index in [2.05, 4.69) is 15.9 Å². The van der Waals surface area contributed by atoms with Gasteiger partial charge in [0.2, 0.25) is 0 Å². The first-order chi connectivity index (χ1) is 6.50. The van der Waals surface area contributed by atoms with Crippen LogP contribution in [0.3, 0.4) is 0 Å². The molecular formula is C11H15BrFN. The minimum atomic E-state index is -0.185. The van der Waals surface area contributed by atoms with Gasteiger partial charge >= 0.3 is 0 Å². The van der Waals surface area contributed by atoms with Crippen LogP contribution in [0.4, 0.5) is 4.39 Å². The van der Waals surface area contributed by atoms with Crippen LogP contribution in [0, 0.1) is 11.7 Å². The predicted octanol–water partition coefficient (Wildman–Crippen LogP) is 3.11. The Hall–Kier alpha value is -0.410. The molecule has 1 nitrogen and oxygen atoms in total. The van der Waals surface area contributed by atoms with Crippen LogP contribution in [0.1, 0.15) is 19.4 Å². The quantitative estimate of drug-likeness (QED) is 0.887. The van der Waals surface area contributed by atoms with Gasteiger partial charge in [-0.1, -0.05) is 35.8 Å². The monoisotopic (exact) mass is 259 g/mol. The summed E-state index contributed by atoms with van der Waals surface area (Å²) in [5.41, 5.74) is 6.57. The van der Waals surface area contributed by atoms with Gasteiger partial charge in [0.05, 0.1) is 0 Å². The summed E-state index contributed by atoms with van der Waals surface area (Å²) in [4.78, 5) is 0. The van der Waals surface area contributed by atoms with Crippen LogP contribution in [0.15, 0.2) is 22.7 Å². The van der Waals surface area contributed by atoms with Crippen molar-refractivity contribution in [3.8, 4) is 0 Å². The third kappa shape index (κ3) is 3.07. The van der Waals surface area contributed by atoms with Gasteiger partial charge in [0.15, 0.2) is 0 Å². The molecule has 1 aromatic carbocycles. The molecule has 1 aromatic rings. The Morgan fingerprint density at radius 3 is 2.57 bits per heavy atom. The molecule has 0 saturated carbocycles. The van der Waals surface area contributed by atoms with E-state index >= 15 is 0 Å². The third-order valence-corrected chi connectivity index (χ3v) is 2.82. The number of hydrogen-bond donors (Lipinski definition) is 1. The summed E-state index contributed by atoms with van der Waals surface area (Å²) in [6.07, 6.45) is 0.594. The summed E-state index contributed by atoms with van der Waals surface area (Å²) in [5, 5.41) is 0. The Kier molecular flexibility index (Phi) is 4.08. The van der Waals surface area contributed by atoms with Crippen LogP contribution in [0.25, 0.3) is 0 Å². The average molecular weight is 260 g/mol. The molecule has 0 aliphatic rings. The van der Waals surface area contributed by atoms with Gasteiger partial charge in [-0.3, -0.25) is 0 Å². The van der Waals surface area contributed by atoms with Crippen LogP contribution in [0.2, 0.25) is 0 Å². The highest BCUT2D eigenvalue weighted by molar-refractivity contribution is 9.10. The third-order valence-electron chi connectivity index (χ3n) is 2.33. The number of rotatable bonds is 3. The number of nitrogens with two attached hydrogens (primary N) is 1. The fourth-order valence-corrected chi connectivity index (χ4v) is 1.51. The molecule has 0 spiro atoms. The lowest BCUT2D eigenvalue weighted by molar-refractivity contribution is 0.479. The van der Waals surface area contributed by atoms with Crippen LogP contribution in [0.5, 0.6) is 0 Å². The topological polar surface area (TPSA) is 26.0 Å². The molecule has 0 saturated heterocycles. The lowest BCUT2D eigenvalue weighted by Crippen LogP contribution is -2.29. The summed E-state index contributed by atoms with van der Waals surface area (Å²) in [6.45, 7) is 4.09. The average Bonchev–Trinajstić information content (AvgIpc) is 2.09. The standard InChI is InChI=1S/C11H15BrFN/c1-7(2)11(14)5-8-3-4-9(12)6-10(8)13/h3-4,6-7,11H,5,14H2,1-2H3. The molecular weight excluding hydrogens is 245 g/mol. The Balaban J connectivity index is 2.77. The number of benzene rings is 1. The van der Waals surface area contributed by atoms with Crippen molar-refractivity contribution in [1.29, 1.82) is 0 Å². The second-order valence-corrected chi connectivity index (χ2v) is 4.76. The first kappa shape index (κ1) is 11.7. The summed E-state index contributed by atoms with van der Waals surface area (Å²) >= 11 is 3.22. The summed E-state index contributed by atoms with van der Waals surface area (Å²) in [6, 6.07) is 5.11. The second kappa shape index (κ2) is 4.89. The van der Waals surface area contributed by atoms with E-state index in [1.54, 1.807) is 6.07 Å². The molecule has 0 aliphatic heterocycles. The van der Waals surface area contributed by atoms with Gasteiger partial charge in [-0.2, -0.15) is 0 Å². The number of halogens is 2. The van der Waals surface area contributed by atoms with Crippen molar-refractivity contribution in [2.45, 2.75) is 26.3 Å². The zero-order valence-electron chi connectivity index (χ0n) is 8.43. The van der Waals surface area contributed by atoms with Gasteiger partial charge in [0, 0.05) is 10.5 Å². The fraction of sp³-hybridized carbons (Fsp3) is 0.455. The van der Waals surface area contributed by atoms with Gasteiger partial charge < -0.3 is 5.73 Å². The van der Waals surface area contributed by atoms with Gasteiger partial charge in [0.1, 0.15) is 5.82 Å². The molecule has 0 radical (unpaired) electrons. The van der Waals surface area contributed by atoms with E-state index in [-0.39, 0.29) is 11.9 Å². The summed E-state index contributed by atoms with van der Waals surface area (Å²) in [5.74, 6) is 0.188. The van der Waals surface area contributed by atoms with Crippen LogP contribution >= 0.6 is 15.9 Å². The van der Waals surface area contributed by atoms with E-state index in [0.29, 0.717) is 17.9 Å². The molecule has 0 heterocycles. The SMILES string of the molecule is CC(C)C(N)Cc1ccc(Br)cc1F. The Morgan fingerprint density at radius 1 is 1.43 bits per heavy atom. The number of hydrogen-bond acceptors (Lipinski definition) is 1. The van der Waals surface area contributed by atoms with Gasteiger partial charge in [-0.05, 0) is 30.0 Å². The maximum Gasteiger partial charge on any atom is 0.127 e. The first-order valence-corrected chi connectivity index (χ1v) is 5.49. The molecule has 0 aromatic heterocycles. The highest BCUT2D eigenvalue weighted by atomic mass is 79.9. The molecule has 0 fully saturated rings. The van der Waals surface area contributed by atoms with Gasteiger partial charge in [0.25, 0.3) is 0 Å².